The van der Waals surface area contributed by atoms with Crippen LogP contribution in [0.4, 0.5) is 17.1 Å². The van der Waals surface area contributed by atoms with Crippen LogP contribution in [0.2, 0.25) is 0 Å². The summed E-state index contributed by atoms with van der Waals surface area (Å²) in [4.78, 5) is 10.3. The Morgan fingerprint density at radius 2 is 1.45 bits per heavy atom. The summed E-state index contributed by atoms with van der Waals surface area (Å²) in [7, 11) is -13.7. The monoisotopic (exact) mass is 693 g/mol. The number of carbonyl (C=O) groups excluding carboxylic acids is 1. The van der Waals surface area contributed by atoms with Crippen molar-refractivity contribution in [2.24, 2.45) is 10.2 Å². The quantitative estimate of drug-likeness (QED) is 0.117. The molecule has 16 heteroatoms. The number of hydrogen-bond acceptors (Lipinski definition) is 9. The van der Waals surface area contributed by atoms with Crippen LogP contribution in [-0.4, -0.2) is 40.3 Å². The van der Waals surface area contributed by atoms with Gasteiger partial charge in [0.25, 0.3) is 26.1 Å². The van der Waals surface area contributed by atoms with E-state index in [0.29, 0.717) is 10.8 Å². The van der Waals surface area contributed by atoms with Crippen LogP contribution in [-0.2, 0) is 34.9 Å². The lowest BCUT2D eigenvalue weighted by Gasteiger charge is -2.12. The lowest BCUT2D eigenvalue weighted by Crippen LogP contribution is -2.11. The second-order valence-electron chi connectivity index (χ2n) is 8.78. The minimum absolute atomic E-state index is 0.0277. The number of nitrogens with zero attached hydrogens (tertiary/aromatic N) is 2. The van der Waals surface area contributed by atoms with Gasteiger partial charge in [-0.15, -0.1) is 10.2 Å². The zero-order valence-electron chi connectivity index (χ0n) is 21.4. The number of anilines is 1. The van der Waals surface area contributed by atoms with E-state index >= 15 is 0 Å². The second-order valence-corrected chi connectivity index (χ2v) is 14.5. The van der Waals surface area contributed by atoms with Crippen LogP contribution in [0.25, 0.3) is 10.8 Å². The smallest absolute Gasteiger partial charge is 0.294 e. The van der Waals surface area contributed by atoms with Gasteiger partial charge in [0.05, 0.1) is 24.9 Å². The molecule has 0 spiro atoms. The average molecular weight is 695 g/mol. The van der Waals surface area contributed by atoms with E-state index in [0.717, 1.165) is 18.2 Å². The number of azo groups is 1. The molecule has 4 rings (SSSR count). The molecular formula is C26H20BrN3O9S3. The third-order valence-electron chi connectivity index (χ3n) is 5.89. The number of aryl methyl sites for hydroxylation is 1. The van der Waals surface area contributed by atoms with Crippen LogP contribution in [0, 0.1) is 6.92 Å². The summed E-state index contributed by atoms with van der Waals surface area (Å²) in [5.74, 6) is -0.656. The molecule has 0 heterocycles. The number of rotatable bonds is 8. The first-order chi connectivity index (χ1) is 19.5. The standard InChI is InChI=1S/C26H20BrN3O9S3/c1-15-6-8-19(14-24(15)42(37,38)39)40(32,33)25-13-18(28-26(31)16(2)27)7-11-23(25)30-29-22-5-3-4-17-12-20(41(34,35)36)9-10-21(17)22/h3-14H,2H2,1H3,(H,28,31)(H,34,35,36)(H,37,38,39). The van der Waals surface area contributed by atoms with Crippen molar-refractivity contribution in [3.8, 4) is 0 Å². The van der Waals surface area contributed by atoms with Gasteiger partial charge < -0.3 is 5.32 Å². The fourth-order valence-electron chi connectivity index (χ4n) is 3.84. The molecule has 0 unspecified atom stereocenters. The molecule has 0 bridgehead atoms. The van der Waals surface area contributed by atoms with Gasteiger partial charge in [-0.2, -0.15) is 16.8 Å². The molecule has 218 valence electrons. The first-order valence-electron chi connectivity index (χ1n) is 11.5. The van der Waals surface area contributed by atoms with Crippen LogP contribution in [0.15, 0.2) is 114 Å². The van der Waals surface area contributed by atoms with Crippen molar-refractivity contribution in [3.05, 3.63) is 89.4 Å². The third-order valence-corrected chi connectivity index (χ3v) is 9.88. The Kier molecular flexibility index (Phi) is 8.50. The van der Waals surface area contributed by atoms with Crippen LogP contribution in [0.5, 0.6) is 0 Å². The highest BCUT2D eigenvalue weighted by molar-refractivity contribution is 9.12. The van der Waals surface area contributed by atoms with Gasteiger partial charge in [0.15, 0.2) is 0 Å². The maximum atomic E-state index is 13.8. The predicted octanol–water partition coefficient (Wildman–Crippen LogP) is 5.74. The van der Waals surface area contributed by atoms with E-state index in [-0.39, 0.29) is 32.0 Å². The van der Waals surface area contributed by atoms with E-state index in [1.165, 1.54) is 43.3 Å². The molecule has 3 N–H and O–H groups in total. The van der Waals surface area contributed by atoms with Crippen molar-refractivity contribution in [2.45, 2.75) is 26.5 Å². The molecule has 0 fully saturated rings. The summed E-state index contributed by atoms with van der Waals surface area (Å²) in [6.07, 6.45) is 0. The molecule has 42 heavy (non-hydrogen) atoms. The van der Waals surface area contributed by atoms with Gasteiger partial charge in [0.1, 0.15) is 10.6 Å². The van der Waals surface area contributed by atoms with Crippen molar-refractivity contribution in [1.29, 1.82) is 0 Å². The Labute approximate surface area is 249 Å². The Morgan fingerprint density at radius 3 is 2.10 bits per heavy atom. The van der Waals surface area contributed by atoms with Gasteiger partial charge in [-0.3, -0.25) is 13.9 Å². The van der Waals surface area contributed by atoms with Crippen LogP contribution < -0.4 is 5.32 Å². The Balaban J connectivity index is 1.88. The molecule has 4 aromatic rings. The molecule has 0 radical (unpaired) electrons. The SMILES string of the molecule is C=C(Br)C(=O)Nc1ccc(N=Nc2cccc3cc(S(=O)(=O)O)ccc23)c(S(=O)(=O)c2ccc(C)c(S(=O)(=O)O)c2)c1. The van der Waals surface area contributed by atoms with E-state index in [4.69, 9.17) is 0 Å². The van der Waals surface area contributed by atoms with Crippen molar-refractivity contribution < 1.29 is 39.2 Å². The molecule has 1 amide bonds. The largest absolute Gasteiger partial charge is 0.322 e. The number of benzene rings is 4. The van der Waals surface area contributed by atoms with E-state index in [1.807, 2.05) is 0 Å². The van der Waals surface area contributed by atoms with Gasteiger partial charge in [-0.05, 0) is 82.3 Å². The summed E-state index contributed by atoms with van der Waals surface area (Å²) in [5, 5.41) is 11.6. The van der Waals surface area contributed by atoms with Gasteiger partial charge >= 0.3 is 0 Å². The number of hydrogen-bond donors (Lipinski definition) is 3. The third kappa shape index (κ3) is 6.64. The normalized spacial score (nSPS) is 12.5. The fourth-order valence-corrected chi connectivity index (χ4v) is 6.72. The first kappa shape index (κ1) is 31.1. The Bertz CT molecular complexity index is 2150. The molecule has 0 aliphatic rings. The highest BCUT2D eigenvalue weighted by Gasteiger charge is 2.26. The highest BCUT2D eigenvalue weighted by atomic mass is 79.9. The maximum Gasteiger partial charge on any atom is 0.294 e. The molecule has 0 aromatic heterocycles. The van der Waals surface area contributed by atoms with E-state index in [1.54, 1.807) is 18.2 Å². The molecule has 0 atom stereocenters. The zero-order chi connectivity index (χ0) is 31.0. The van der Waals surface area contributed by atoms with Crippen molar-refractivity contribution in [3.63, 3.8) is 0 Å². The lowest BCUT2D eigenvalue weighted by atomic mass is 10.1. The van der Waals surface area contributed by atoms with E-state index in [2.05, 4.69) is 38.1 Å². The Hall–Kier alpha value is -3.80. The average Bonchev–Trinajstić information content (AvgIpc) is 2.90. The van der Waals surface area contributed by atoms with E-state index < -0.39 is 50.7 Å². The Morgan fingerprint density at radius 1 is 0.786 bits per heavy atom. The number of amides is 1. The van der Waals surface area contributed by atoms with Crippen molar-refractivity contribution in [2.75, 3.05) is 5.32 Å². The number of carbonyl (C=O) groups is 1. The number of fused-ring (bicyclic) bond motifs is 1. The van der Waals surface area contributed by atoms with Gasteiger partial charge in [-0.25, -0.2) is 8.42 Å². The second kappa shape index (κ2) is 11.5. The maximum absolute atomic E-state index is 13.8. The summed E-state index contributed by atoms with van der Waals surface area (Å²) in [6, 6.07) is 15.4. The van der Waals surface area contributed by atoms with E-state index in [9.17, 15) is 39.2 Å². The first-order valence-corrected chi connectivity index (χ1v) is 16.7. The minimum atomic E-state index is -4.75. The zero-order valence-corrected chi connectivity index (χ0v) is 25.4. The number of sulfone groups is 1. The van der Waals surface area contributed by atoms with Crippen LogP contribution in [0.3, 0.4) is 0 Å². The molecule has 0 saturated heterocycles. The lowest BCUT2D eigenvalue weighted by molar-refractivity contribution is -0.112. The summed E-state index contributed by atoms with van der Waals surface area (Å²) >= 11 is 2.94. The molecule has 12 nitrogen and oxygen atoms in total. The topological polar surface area (TPSA) is 197 Å². The van der Waals surface area contributed by atoms with Crippen molar-refractivity contribution in [1.82, 2.24) is 0 Å². The molecule has 0 aliphatic carbocycles. The molecular weight excluding hydrogens is 674 g/mol. The predicted molar refractivity (Wildman–Crippen MR) is 158 cm³/mol. The summed E-state index contributed by atoms with van der Waals surface area (Å²) < 4.78 is 93.2. The fraction of sp³-hybridized carbons (Fsp3) is 0.0385. The highest BCUT2D eigenvalue weighted by Crippen LogP contribution is 2.36. The van der Waals surface area contributed by atoms with Crippen LogP contribution in [0.1, 0.15) is 5.56 Å². The van der Waals surface area contributed by atoms with Gasteiger partial charge in [0, 0.05) is 11.1 Å². The summed E-state index contributed by atoms with van der Waals surface area (Å²) in [5.41, 5.74) is 0.199. The van der Waals surface area contributed by atoms with Crippen LogP contribution >= 0.6 is 15.9 Å². The minimum Gasteiger partial charge on any atom is -0.322 e. The van der Waals surface area contributed by atoms with Gasteiger partial charge in [0.2, 0.25) is 9.84 Å². The molecule has 0 saturated carbocycles. The number of halogens is 1. The van der Waals surface area contributed by atoms with Crippen molar-refractivity contribution >= 4 is 79.7 Å². The molecule has 0 aliphatic heterocycles. The van der Waals surface area contributed by atoms with Gasteiger partial charge in [-0.1, -0.05) is 30.8 Å². The number of nitrogens with one attached hydrogen (secondary N) is 1. The summed E-state index contributed by atoms with van der Waals surface area (Å²) in [6.45, 7) is 4.84. The molecule has 4 aromatic carbocycles.